The first-order valence-corrected chi connectivity index (χ1v) is 3.79. The minimum Gasteiger partial charge on any atom is -0.330 e. The first kappa shape index (κ1) is 7.03. The smallest absolute Gasteiger partial charge is 0.00821 e. The summed E-state index contributed by atoms with van der Waals surface area (Å²) in [7, 11) is 0. The van der Waals surface area contributed by atoms with Gasteiger partial charge in [-0.15, -0.1) is 0 Å². The third-order valence-corrected chi connectivity index (χ3v) is 1.98. The van der Waals surface area contributed by atoms with Crippen LogP contribution in [0.5, 0.6) is 0 Å². The van der Waals surface area contributed by atoms with Crippen molar-refractivity contribution in [2.75, 3.05) is 6.54 Å². The molecule has 0 unspecified atom stereocenters. The molecule has 0 amide bonds. The largest absolute Gasteiger partial charge is 0.330 e. The number of nitrogens with two attached hydrogens (primary N) is 1. The molecular formula is C7H16N2. The van der Waals surface area contributed by atoms with E-state index in [2.05, 4.69) is 12.2 Å². The van der Waals surface area contributed by atoms with Gasteiger partial charge in [0.05, 0.1) is 0 Å². The molecule has 1 heterocycles. The van der Waals surface area contributed by atoms with E-state index in [1.807, 2.05) is 0 Å². The van der Waals surface area contributed by atoms with Gasteiger partial charge in [-0.1, -0.05) is 0 Å². The first-order chi connectivity index (χ1) is 4.33. The Balaban J connectivity index is 2.14. The Morgan fingerprint density at radius 3 is 2.78 bits per heavy atom. The lowest BCUT2D eigenvalue weighted by atomic mass is 10.1. The van der Waals surface area contributed by atoms with E-state index >= 15 is 0 Å². The second kappa shape index (κ2) is 3.18. The summed E-state index contributed by atoms with van der Waals surface area (Å²) in [6, 6.07) is 1.44. The van der Waals surface area contributed by atoms with Gasteiger partial charge in [-0.25, -0.2) is 0 Å². The topological polar surface area (TPSA) is 38.0 Å². The Morgan fingerprint density at radius 2 is 2.33 bits per heavy atom. The average molecular weight is 128 g/mol. The molecule has 2 nitrogen and oxygen atoms in total. The van der Waals surface area contributed by atoms with Crippen molar-refractivity contribution in [1.82, 2.24) is 5.32 Å². The van der Waals surface area contributed by atoms with Crippen LogP contribution >= 0.6 is 0 Å². The van der Waals surface area contributed by atoms with Gasteiger partial charge in [0.25, 0.3) is 0 Å². The summed E-state index contributed by atoms with van der Waals surface area (Å²) in [4.78, 5) is 0. The Kier molecular flexibility index (Phi) is 2.49. The van der Waals surface area contributed by atoms with Crippen LogP contribution in [0.25, 0.3) is 0 Å². The highest BCUT2D eigenvalue weighted by atomic mass is 15.0. The van der Waals surface area contributed by atoms with E-state index in [0.29, 0.717) is 6.04 Å². The van der Waals surface area contributed by atoms with Crippen molar-refractivity contribution in [3.8, 4) is 0 Å². The van der Waals surface area contributed by atoms with Gasteiger partial charge in [-0.3, -0.25) is 0 Å². The molecule has 1 fully saturated rings. The quantitative estimate of drug-likeness (QED) is 0.567. The predicted molar refractivity (Wildman–Crippen MR) is 39.3 cm³/mol. The highest BCUT2D eigenvalue weighted by molar-refractivity contribution is 4.80. The van der Waals surface area contributed by atoms with Crippen LogP contribution in [0.1, 0.15) is 26.2 Å². The van der Waals surface area contributed by atoms with Crippen LogP contribution in [0.15, 0.2) is 0 Å². The van der Waals surface area contributed by atoms with Gasteiger partial charge in [0.2, 0.25) is 0 Å². The fraction of sp³-hybridized carbons (Fsp3) is 1.00. The van der Waals surface area contributed by atoms with Crippen molar-refractivity contribution in [2.24, 2.45) is 5.73 Å². The highest BCUT2D eigenvalue weighted by Crippen LogP contribution is 2.13. The summed E-state index contributed by atoms with van der Waals surface area (Å²) in [6.45, 7) is 3.06. The zero-order chi connectivity index (χ0) is 6.69. The van der Waals surface area contributed by atoms with Gasteiger partial charge >= 0.3 is 0 Å². The minimum absolute atomic E-state index is 0.713. The summed E-state index contributed by atoms with van der Waals surface area (Å²) < 4.78 is 0. The molecule has 1 saturated heterocycles. The van der Waals surface area contributed by atoms with Crippen molar-refractivity contribution in [3.63, 3.8) is 0 Å². The highest BCUT2D eigenvalue weighted by Gasteiger charge is 2.18. The van der Waals surface area contributed by atoms with Crippen LogP contribution in [0.3, 0.4) is 0 Å². The zero-order valence-electron chi connectivity index (χ0n) is 6.06. The first-order valence-electron chi connectivity index (χ1n) is 3.79. The normalized spacial score (nSPS) is 35.3. The molecule has 3 N–H and O–H groups in total. The van der Waals surface area contributed by atoms with E-state index < -0.39 is 0 Å². The van der Waals surface area contributed by atoms with Crippen molar-refractivity contribution in [1.29, 1.82) is 0 Å². The van der Waals surface area contributed by atoms with Crippen molar-refractivity contribution in [3.05, 3.63) is 0 Å². The van der Waals surface area contributed by atoms with Crippen LogP contribution in [-0.4, -0.2) is 18.6 Å². The van der Waals surface area contributed by atoms with Crippen LogP contribution in [0, 0.1) is 0 Å². The van der Waals surface area contributed by atoms with Gasteiger partial charge in [0.1, 0.15) is 0 Å². The summed E-state index contributed by atoms with van der Waals surface area (Å²) >= 11 is 0. The van der Waals surface area contributed by atoms with E-state index in [0.717, 1.165) is 19.0 Å². The Bertz CT molecular complexity index is 81.0. The Labute approximate surface area is 56.8 Å². The lowest BCUT2D eigenvalue weighted by molar-refractivity contribution is 0.533. The van der Waals surface area contributed by atoms with Gasteiger partial charge in [0.15, 0.2) is 0 Å². The maximum atomic E-state index is 5.41. The SMILES string of the molecule is C[C@H]1CC[C@@H](CCN)N1. The van der Waals surface area contributed by atoms with Gasteiger partial charge in [-0.05, 0) is 32.7 Å². The van der Waals surface area contributed by atoms with Gasteiger partial charge in [-0.2, -0.15) is 0 Å². The molecule has 0 aromatic rings. The number of nitrogens with one attached hydrogen (secondary N) is 1. The third kappa shape index (κ3) is 1.95. The molecular weight excluding hydrogens is 112 g/mol. The number of hydrogen-bond acceptors (Lipinski definition) is 2. The molecule has 9 heavy (non-hydrogen) atoms. The lowest BCUT2D eigenvalue weighted by Crippen LogP contribution is -2.28. The third-order valence-electron chi connectivity index (χ3n) is 1.98. The molecule has 54 valence electrons. The Hall–Kier alpha value is -0.0800. The van der Waals surface area contributed by atoms with E-state index in [1.54, 1.807) is 0 Å². The molecule has 0 bridgehead atoms. The van der Waals surface area contributed by atoms with Crippen LogP contribution in [-0.2, 0) is 0 Å². The molecule has 0 spiro atoms. The van der Waals surface area contributed by atoms with Crippen molar-refractivity contribution < 1.29 is 0 Å². The zero-order valence-corrected chi connectivity index (χ0v) is 6.06. The lowest BCUT2D eigenvalue weighted by Gasteiger charge is -2.08. The van der Waals surface area contributed by atoms with Crippen molar-refractivity contribution in [2.45, 2.75) is 38.3 Å². The van der Waals surface area contributed by atoms with Crippen LogP contribution in [0.2, 0.25) is 0 Å². The van der Waals surface area contributed by atoms with Crippen LogP contribution in [0.4, 0.5) is 0 Å². The average Bonchev–Trinajstić information content (AvgIpc) is 2.17. The molecule has 0 aromatic heterocycles. The molecule has 0 radical (unpaired) electrons. The van der Waals surface area contributed by atoms with E-state index in [4.69, 9.17) is 5.73 Å². The fourth-order valence-corrected chi connectivity index (χ4v) is 1.45. The minimum atomic E-state index is 0.713. The molecule has 1 aliphatic heterocycles. The van der Waals surface area contributed by atoms with Gasteiger partial charge in [0, 0.05) is 12.1 Å². The summed E-state index contributed by atoms with van der Waals surface area (Å²) in [5.41, 5.74) is 5.41. The summed E-state index contributed by atoms with van der Waals surface area (Å²) in [5, 5.41) is 3.47. The second-order valence-corrected chi connectivity index (χ2v) is 2.92. The molecule has 1 aliphatic rings. The molecule has 2 heteroatoms. The second-order valence-electron chi connectivity index (χ2n) is 2.92. The summed E-state index contributed by atoms with van der Waals surface area (Å²) in [6.07, 6.45) is 3.79. The number of hydrogen-bond donors (Lipinski definition) is 2. The van der Waals surface area contributed by atoms with Crippen LogP contribution < -0.4 is 11.1 Å². The molecule has 0 aliphatic carbocycles. The van der Waals surface area contributed by atoms with E-state index in [9.17, 15) is 0 Å². The standard InChI is InChI=1S/C7H16N2/c1-6-2-3-7(9-6)4-5-8/h6-7,9H,2-5,8H2,1H3/t6-,7-/m0/s1. The van der Waals surface area contributed by atoms with Crippen molar-refractivity contribution >= 4 is 0 Å². The number of rotatable bonds is 2. The van der Waals surface area contributed by atoms with E-state index in [1.165, 1.54) is 12.8 Å². The Morgan fingerprint density at radius 1 is 1.56 bits per heavy atom. The van der Waals surface area contributed by atoms with E-state index in [-0.39, 0.29) is 0 Å². The monoisotopic (exact) mass is 128 g/mol. The summed E-state index contributed by atoms with van der Waals surface area (Å²) in [5.74, 6) is 0. The van der Waals surface area contributed by atoms with Gasteiger partial charge < -0.3 is 11.1 Å². The predicted octanol–water partition coefficient (Wildman–Crippen LogP) is 0.476. The maximum absolute atomic E-state index is 5.41. The molecule has 2 atom stereocenters. The molecule has 1 rings (SSSR count). The maximum Gasteiger partial charge on any atom is 0.00821 e. The molecule has 0 aromatic carbocycles. The molecule has 0 saturated carbocycles. The fourth-order valence-electron chi connectivity index (χ4n) is 1.45.